The standard InChI is InChI=1S/C20H14BrN7O4S/c1-10-14-18-23-16(24-27(18)9-22-19(14)33-15(10)20(29)32-2)12-5-3-4-11(6-12)7-26-8-13(21)17(25-26)28(30)31/h3-6,8-9H,7H2,1-2H3. The fourth-order valence-corrected chi connectivity index (χ4v) is 5.05. The second kappa shape index (κ2) is 8.01. The number of ether oxygens (including phenoxy) is 1. The number of carbonyl (C=O) groups is 1. The van der Waals surface area contributed by atoms with Crippen molar-refractivity contribution < 1.29 is 14.5 Å². The number of esters is 1. The first kappa shape index (κ1) is 21.2. The summed E-state index contributed by atoms with van der Waals surface area (Å²) in [5.41, 5.74) is 2.99. The molecule has 0 radical (unpaired) electrons. The molecule has 0 aliphatic heterocycles. The van der Waals surface area contributed by atoms with E-state index in [0.717, 1.165) is 22.1 Å². The van der Waals surface area contributed by atoms with Crippen LogP contribution in [0.3, 0.4) is 0 Å². The zero-order chi connectivity index (χ0) is 23.3. The summed E-state index contributed by atoms with van der Waals surface area (Å²) >= 11 is 4.42. The van der Waals surface area contributed by atoms with Crippen LogP contribution in [-0.2, 0) is 11.3 Å². The zero-order valence-electron chi connectivity index (χ0n) is 17.2. The molecule has 0 atom stereocenters. The normalized spacial score (nSPS) is 11.4. The van der Waals surface area contributed by atoms with Crippen molar-refractivity contribution in [2.45, 2.75) is 13.5 Å². The third-order valence-corrected chi connectivity index (χ3v) is 6.78. The lowest BCUT2D eigenvalue weighted by Crippen LogP contribution is -2.01. The number of rotatable bonds is 5. The molecule has 0 bridgehead atoms. The number of methoxy groups -OCH3 is 1. The van der Waals surface area contributed by atoms with Gasteiger partial charge in [-0.25, -0.2) is 19.3 Å². The van der Waals surface area contributed by atoms with Crippen molar-refractivity contribution in [1.82, 2.24) is 29.4 Å². The van der Waals surface area contributed by atoms with Gasteiger partial charge in [-0.1, -0.05) is 18.2 Å². The van der Waals surface area contributed by atoms with E-state index in [9.17, 15) is 14.9 Å². The molecule has 4 heterocycles. The molecule has 0 saturated carbocycles. The highest BCUT2D eigenvalue weighted by Gasteiger charge is 2.21. The molecule has 11 nitrogen and oxygen atoms in total. The van der Waals surface area contributed by atoms with Crippen molar-refractivity contribution in [1.29, 1.82) is 0 Å². The Labute approximate surface area is 197 Å². The molecule has 0 spiro atoms. The van der Waals surface area contributed by atoms with Crippen molar-refractivity contribution in [3.63, 3.8) is 0 Å². The number of hydrogen-bond donors (Lipinski definition) is 0. The van der Waals surface area contributed by atoms with Crippen LogP contribution in [0.25, 0.3) is 27.3 Å². The summed E-state index contributed by atoms with van der Waals surface area (Å²) in [5, 5.41) is 20.3. The molecule has 166 valence electrons. The first-order valence-electron chi connectivity index (χ1n) is 9.55. The lowest BCUT2D eigenvalue weighted by atomic mass is 10.1. The lowest BCUT2D eigenvalue weighted by molar-refractivity contribution is -0.390. The third kappa shape index (κ3) is 3.64. The molecule has 5 aromatic rings. The summed E-state index contributed by atoms with van der Waals surface area (Å²) in [4.78, 5) is 32.9. The molecular weight excluding hydrogens is 514 g/mol. The Morgan fingerprint density at radius 2 is 2.15 bits per heavy atom. The molecule has 13 heteroatoms. The van der Waals surface area contributed by atoms with E-state index in [-0.39, 0.29) is 5.82 Å². The summed E-state index contributed by atoms with van der Waals surface area (Å²) in [6.07, 6.45) is 3.13. The number of fused-ring (bicyclic) bond motifs is 3. The number of thiophene rings is 1. The zero-order valence-corrected chi connectivity index (χ0v) is 19.6. The van der Waals surface area contributed by atoms with Crippen molar-refractivity contribution in [3.05, 3.63) is 67.4 Å². The van der Waals surface area contributed by atoms with E-state index in [2.05, 4.69) is 31.1 Å². The van der Waals surface area contributed by atoms with Crippen LogP contribution in [0, 0.1) is 17.0 Å². The van der Waals surface area contributed by atoms with Gasteiger partial charge in [0.1, 0.15) is 20.5 Å². The number of aryl methyl sites for hydroxylation is 1. The molecule has 0 aliphatic rings. The Morgan fingerprint density at radius 3 is 2.88 bits per heavy atom. The second-order valence-corrected chi connectivity index (χ2v) is 8.99. The Balaban J connectivity index is 1.54. The van der Waals surface area contributed by atoms with Crippen LogP contribution >= 0.6 is 27.3 Å². The van der Waals surface area contributed by atoms with E-state index in [0.29, 0.717) is 32.2 Å². The van der Waals surface area contributed by atoms with Gasteiger partial charge in [0.05, 0.1) is 30.3 Å². The van der Waals surface area contributed by atoms with E-state index < -0.39 is 10.9 Å². The van der Waals surface area contributed by atoms with Crippen LogP contribution in [-0.4, -0.2) is 47.4 Å². The minimum atomic E-state index is -0.537. The third-order valence-electron chi connectivity index (χ3n) is 5.04. The number of nitrogens with zero attached hydrogens (tertiary/aromatic N) is 7. The molecule has 0 aliphatic carbocycles. The number of hydrogen-bond acceptors (Lipinski definition) is 9. The van der Waals surface area contributed by atoms with Gasteiger partial charge in [0.25, 0.3) is 0 Å². The fraction of sp³-hybridized carbons (Fsp3) is 0.150. The van der Waals surface area contributed by atoms with Crippen LogP contribution in [0.4, 0.5) is 5.82 Å². The molecule has 0 saturated heterocycles. The summed E-state index contributed by atoms with van der Waals surface area (Å²) in [6.45, 7) is 2.18. The second-order valence-electron chi connectivity index (χ2n) is 7.13. The van der Waals surface area contributed by atoms with Gasteiger partial charge >= 0.3 is 11.8 Å². The van der Waals surface area contributed by atoms with Crippen molar-refractivity contribution in [2.75, 3.05) is 7.11 Å². The van der Waals surface area contributed by atoms with Crippen LogP contribution in [0.2, 0.25) is 0 Å². The number of halogens is 1. The molecule has 0 unspecified atom stereocenters. The fourth-order valence-electron chi connectivity index (χ4n) is 3.53. The first-order chi connectivity index (χ1) is 15.9. The Morgan fingerprint density at radius 1 is 1.33 bits per heavy atom. The van der Waals surface area contributed by atoms with Gasteiger partial charge in [-0.05, 0) is 45.0 Å². The van der Waals surface area contributed by atoms with E-state index in [1.54, 1.807) is 17.0 Å². The largest absolute Gasteiger partial charge is 0.465 e. The summed E-state index contributed by atoms with van der Waals surface area (Å²) < 4.78 is 8.27. The van der Waals surface area contributed by atoms with Gasteiger partial charge in [-0.15, -0.1) is 16.4 Å². The molecule has 4 aromatic heterocycles. The topological polar surface area (TPSA) is 130 Å². The van der Waals surface area contributed by atoms with Crippen molar-refractivity contribution >= 4 is 54.9 Å². The average Bonchev–Trinajstić information content (AvgIpc) is 3.48. The van der Waals surface area contributed by atoms with Crippen molar-refractivity contribution in [3.8, 4) is 11.4 Å². The minimum absolute atomic E-state index is 0.234. The van der Waals surface area contributed by atoms with Crippen LogP contribution in [0.15, 0.2) is 41.3 Å². The monoisotopic (exact) mass is 527 g/mol. The SMILES string of the molecule is COC(=O)c1sc2ncn3nc(-c4cccc(Cn5cc(Br)c([N+](=O)[O-])n5)c4)nc3c2c1C. The molecular formula is C20H14BrN7O4S. The van der Waals surface area contributed by atoms with Gasteiger partial charge < -0.3 is 14.9 Å². The predicted molar refractivity (Wildman–Crippen MR) is 123 cm³/mol. The quantitative estimate of drug-likeness (QED) is 0.190. The molecule has 0 amide bonds. The summed E-state index contributed by atoms with van der Waals surface area (Å²) in [6, 6.07) is 7.54. The van der Waals surface area contributed by atoms with E-state index >= 15 is 0 Å². The molecule has 5 rings (SSSR count). The van der Waals surface area contributed by atoms with Gasteiger partial charge in [0, 0.05) is 5.56 Å². The van der Waals surface area contributed by atoms with E-state index in [4.69, 9.17) is 9.72 Å². The highest BCUT2D eigenvalue weighted by molar-refractivity contribution is 9.10. The van der Waals surface area contributed by atoms with Gasteiger partial charge in [-0.2, -0.15) is 4.68 Å². The maximum absolute atomic E-state index is 12.1. The summed E-state index contributed by atoms with van der Waals surface area (Å²) in [5.74, 6) is -0.155. The number of benzene rings is 1. The highest BCUT2D eigenvalue weighted by atomic mass is 79.9. The maximum atomic E-state index is 12.1. The number of aromatic nitrogens is 6. The Kier molecular flexibility index (Phi) is 5.13. The van der Waals surface area contributed by atoms with Gasteiger partial charge in [0.15, 0.2) is 11.5 Å². The number of nitro groups is 1. The Hall–Kier alpha value is -3.71. The molecule has 0 N–H and O–H groups in total. The first-order valence-corrected chi connectivity index (χ1v) is 11.2. The van der Waals surface area contributed by atoms with E-state index in [1.165, 1.54) is 23.1 Å². The van der Waals surface area contributed by atoms with Crippen molar-refractivity contribution in [2.24, 2.45) is 0 Å². The Bertz CT molecular complexity index is 1570. The van der Waals surface area contributed by atoms with Crippen LogP contribution in [0.5, 0.6) is 0 Å². The minimum Gasteiger partial charge on any atom is -0.465 e. The lowest BCUT2D eigenvalue weighted by Gasteiger charge is -2.01. The van der Waals surface area contributed by atoms with E-state index in [1.807, 2.05) is 31.2 Å². The maximum Gasteiger partial charge on any atom is 0.404 e. The smallest absolute Gasteiger partial charge is 0.404 e. The van der Waals surface area contributed by atoms with Gasteiger partial charge in [0.2, 0.25) is 0 Å². The molecule has 1 aromatic carbocycles. The van der Waals surface area contributed by atoms with Crippen LogP contribution in [0.1, 0.15) is 20.8 Å². The summed E-state index contributed by atoms with van der Waals surface area (Å²) in [7, 11) is 1.34. The van der Waals surface area contributed by atoms with Crippen LogP contribution < -0.4 is 0 Å². The highest BCUT2D eigenvalue weighted by Crippen LogP contribution is 2.33. The van der Waals surface area contributed by atoms with Gasteiger partial charge in [-0.3, -0.25) is 0 Å². The molecule has 33 heavy (non-hydrogen) atoms. The predicted octanol–water partition coefficient (Wildman–Crippen LogP) is 4.02. The number of carbonyl (C=O) groups excluding carboxylic acids is 1. The molecule has 0 fully saturated rings. The average molecular weight is 528 g/mol.